The van der Waals surface area contributed by atoms with E-state index in [1.807, 2.05) is 12.1 Å². The van der Waals surface area contributed by atoms with Crippen LogP contribution in [0.1, 0.15) is 37.2 Å². The van der Waals surface area contributed by atoms with Gasteiger partial charge in [0.1, 0.15) is 6.04 Å². The van der Waals surface area contributed by atoms with Crippen molar-refractivity contribution in [2.75, 3.05) is 40.2 Å². The van der Waals surface area contributed by atoms with Gasteiger partial charge in [0.2, 0.25) is 6.79 Å². The molecule has 12 nitrogen and oxygen atoms in total. The zero-order valence-electron chi connectivity index (χ0n) is 19.7. The van der Waals surface area contributed by atoms with Crippen LogP contribution in [0, 0.1) is 5.92 Å². The minimum Gasteiger partial charge on any atom is -0.466 e. The van der Waals surface area contributed by atoms with Crippen LogP contribution in [0.25, 0.3) is 10.9 Å². The molecule has 4 heterocycles. The maximum absolute atomic E-state index is 13.4. The van der Waals surface area contributed by atoms with Gasteiger partial charge in [-0.05, 0) is 42.3 Å². The number of H-pyrrole nitrogens is 1. The number of fused-ring (bicyclic) bond motifs is 2. The lowest BCUT2D eigenvalue weighted by atomic mass is 9.94. The Hall–Kier alpha value is -3.51. The van der Waals surface area contributed by atoms with Gasteiger partial charge in [-0.25, -0.2) is 4.68 Å². The summed E-state index contributed by atoms with van der Waals surface area (Å²) in [7, 11) is 1.61. The SMILES string of the molecule is CCOC(=O)C1CCN([C@@H](c2cc3cc4c(cc3[nH]c2=O)OCO4)c2nnnn2CCOC)CC1. The number of hydrogen-bond donors (Lipinski definition) is 1. The van der Waals surface area contributed by atoms with E-state index in [1.165, 1.54) is 0 Å². The second-order valence-corrected chi connectivity index (χ2v) is 8.56. The highest BCUT2D eigenvalue weighted by Crippen LogP contribution is 2.37. The lowest BCUT2D eigenvalue weighted by molar-refractivity contribution is -0.149. The number of methoxy groups -OCH3 is 1. The van der Waals surface area contributed by atoms with Gasteiger partial charge in [0.25, 0.3) is 5.56 Å². The molecule has 1 aromatic carbocycles. The number of esters is 1. The van der Waals surface area contributed by atoms with Gasteiger partial charge in [0.15, 0.2) is 17.3 Å². The molecule has 0 saturated carbocycles. The minimum absolute atomic E-state index is 0.148. The molecule has 0 amide bonds. The topological polar surface area (TPSA) is 134 Å². The third-order valence-electron chi connectivity index (χ3n) is 6.49. The average molecular weight is 485 g/mol. The molecule has 1 N–H and O–H groups in total. The number of likely N-dealkylation sites (tertiary alicyclic amines) is 1. The highest BCUT2D eigenvalue weighted by atomic mass is 16.7. The second-order valence-electron chi connectivity index (χ2n) is 8.56. The summed E-state index contributed by atoms with van der Waals surface area (Å²) in [6.45, 7) is 4.36. The van der Waals surface area contributed by atoms with Crippen LogP contribution in [-0.4, -0.2) is 76.3 Å². The molecule has 0 aliphatic carbocycles. The second kappa shape index (κ2) is 10.0. The van der Waals surface area contributed by atoms with Crippen LogP contribution >= 0.6 is 0 Å². The number of rotatable bonds is 8. The van der Waals surface area contributed by atoms with Gasteiger partial charge in [0.05, 0.1) is 31.2 Å². The van der Waals surface area contributed by atoms with E-state index in [4.69, 9.17) is 18.9 Å². The van der Waals surface area contributed by atoms with Crippen molar-refractivity contribution >= 4 is 16.9 Å². The first-order valence-electron chi connectivity index (χ1n) is 11.7. The molecule has 2 aliphatic rings. The van der Waals surface area contributed by atoms with Crippen molar-refractivity contribution in [1.82, 2.24) is 30.1 Å². The quantitative estimate of drug-likeness (QED) is 0.466. The molecule has 5 rings (SSSR count). The summed E-state index contributed by atoms with van der Waals surface area (Å²) >= 11 is 0. The first-order chi connectivity index (χ1) is 17.1. The Morgan fingerprint density at radius 2 is 2.00 bits per heavy atom. The zero-order chi connectivity index (χ0) is 24.4. The molecule has 35 heavy (non-hydrogen) atoms. The van der Waals surface area contributed by atoms with Crippen LogP contribution in [0.15, 0.2) is 23.0 Å². The van der Waals surface area contributed by atoms with Crippen LogP contribution in [0.5, 0.6) is 11.5 Å². The highest BCUT2D eigenvalue weighted by molar-refractivity contribution is 5.83. The summed E-state index contributed by atoms with van der Waals surface area (Å²) in [6.07, 6.45) is 1.25. The molecule has 12 heteroatoms. The number of aromatic nitrogens is 5. The Morgan fingerprint density at radius 1 is 1.23 bits per heavy atom. The fraction of sp³-hybridized carbons (Fsp3) is 0.522. The number of nitrogens with one attached hydrogen (secondary N) is 1. The number of benzene rings is 1. The van der Waals surface area contributed by atoms with Crippen molar-refractivity contribution in [3.05, 3.63) is 39.9 Å². The van der Waals surface area contributed by atoms with Crippen LogP contribution in [0.4, 0.5) is 0 Å². The summed E-state index contributed by atoms with van der Waals surface area (Å²) < 4.78 is 23.1. The molecule has 0 unspecified atom stereocenters. The Balaban J connectivity index is 1.53. The van der Waals surface area contributed by atoms with Crippen LogP contribution in [-0.2, 0) is 20.8 Å². The van der Waals surface area contributed by atoms with Crippen LogP contribution < -0.4 is 15.0 Å². The summed E-state index contributed by atoms with van der Waals surface area (Å²) in [6, 6.07) is 4.97. The molecule has 2 aliphatic heterocycles. The van der Waals surface area contributed by atoms with Gasteiger partial charge in [-0.15, -0.1) is 5.10 Å². The van der Waals surface area contributed by atoms with Crippen molar-refractivity contribution in [2.24, 2.45) is 5.92 Å². The van der Waals surface area contributed by atoms with Gasteiger partial charge >= 0.3 is 5.97 Å². The van der Waals surface area contributed by atoms with E-state index in [2.05, 4.69) is 25.4 Å². The third kappa shape index (κ3) is 4.58. The molecule has 0 radical (unpaired) electrons. The first-order valence-corrected chi connectivity index (χ1v) is 11.7. The number of piperidine rings is 1. The van der Waals surface area contributed by atoms with E-state index >= 15 is 0 Å². The standard InChI is InChI=1S/C23H28N6O6/c1-3-33-23(31)14-4-6-28(7-5-14)20(21-25-26-27-29(21)8-9-32-2)16-10-15-11-18-19(35-13-34-18)12-17(15)24-22(16)30/h10-12,14,20H,3-9,13H2,1-2H3,(H,24,30)/t20-/m0/s1. The van der Waals surface area contributed by atoms with Gasteiger partial charge < -0.3 is 23.9 Å². The van der Waals surface area contributed by atoms with E-state index in [1.54, 1.807) is 24.8 Å². The molecular formula is C23H28N6O6. The van der Waals surface area contributed by atoms with Gasteiger partial charge in [0, 0.05) is 37.2 Å². The van der Waals surface area contributed by atoms with Crippen molar-refractivity contribution in [2.45, 2.75) is 32.4 Å². The largest absolute Gasteiger partial charge is 0.466 e. The van der Waals surface area contributed by atoms with E-state index in [9.17, 15) is 9.59 Å². The first kappa shape index (κ1) is 23.2. The number of tetrazole rings is 1. The molecular weight excluding hydrogens is 456 g/mol. The van der Waals surface area contributed by atoms with Crippen LogP contribution in [0.2, 0.25) is 0 Å². The van der Waals surface area contributed by atoms with Gasteiger partial charge in [-0.3, -0.25) is 14.5 Å². The summed E-state index contributed by atoms with van der Waals surface area (Å²) in [5.74, 6) is 1.44. The molecule has 1 atom stereocenters. The Kier molecular flexibility index (Phi) is 6.64. The van der Waals surface area contributed by atoms with E-state index < -0.39 is 6.04 Å². The van der Waals surface area contributed by atoms with E-state index in [0.717, 1.165) is 5.39 Å². The molecule has 0 bridgehead atoms. The molecule has 186 valence electrons. The number of hydrogen-bond acceptors (Lipinski definition) is 10. The maximum atomic E-state index is 13.4. The molecule has 0 spiro atoms. The van der Waals surface area contributed by atoms with E-state index in [-0.39, 0.29) is 24.2 Å². The Bertz CT molecular complexity index is 1270. The lowest BCUT2D eigenvalue weighted by Gasteiger charge is -2.36. The zero-order valence-corrected chi connectivity index (χ0v) is 19.7. The van der Waals surface area contributed by atoms with Crippen molar-refractivity contribution in [1.29, 1.82) is 0 Å². The van der Waals surface area contributed by atoms with Gasteiger partial charge in [-0.1, -0.05) is 0 Å². The number of pyridine rings is 1. The van der Waals surface area contributed by atoms with Crippen LogP contribution in [0.3, 0.4) is 0 Å². The highest BCUT2D eigenvalue weighted by Gasteiger charge is 2.35. The van der Waals surface area contributed by atoms with Crippen molar-refractivity contribution in [3.63, 3.8) is 0 Å². The number of carbonyl (C=O) groups excluding carboxylic acids is 1. The normalized spacial score (nSPS) is 17.1. The van der Waals surface area contributed by atoms with Crippen molar-refractivity contribution in [3.8, 4) is 11.5 Å². The minimum atomic E-state index is -0.511. The number of nitrogens with zero attached hydrogens (tertiary/aromatic N) is 5. The summed E-state index contributed by atoms with van der Waals surface area (Å²) in [5.41, 5.74) is 0.927. The Labute approximate surface area is 201 Å². The molecule has 1 saturated heterocycles. The van der Waals surface area contributed by atoms with Gasteiger partial charge in [-0.2, -0.15) is 0 Å². The average Bonchev–Trinajstić information content (AvgIpc) is 3.51. The summed E-state index contributed by atoms with van der Waals surface area (Å²) in [4.78, 5) is 30.8. The summed E-state index contributed by atoms with van der Waals surface area (Å²) in [5, 5.41) is 13.1. The lowest BCUT2D eigenvalue weighted by Crippen LogP contribution is -2.42. The smallest absolute Gasteiger partial charge is 0.309 e. The maximum Gasteiger partial charge on any atom is 0.309 e. The molecule has 2 aromatic heterocycles. The third-order valence-corrected chi connectivity index (χ3v) is 6.49. The predicted molar refractivity (Wildman–Crippen MR) is 123 cm³/mol. The molecule has 1 fully saturated rings. The fourth-order valence-corrected chi connectivity index (χ4v) is 4.71. The Morgan fingerprint density at radius 3 is 2.74 bits per heavy atom. The number of ether oxygens (including phenoxy) is 4. The van der Waals surface area contributed by atoms with Crippen molar-refractivity contribution < 1.29 is 23.7 Å². The molecule has 3 aromatic rings. The monoisotopic (exact) mass is 484 g/mol. The number of carbonyl (C=O) groups is 1. The van der Waals surface area contributed by atoms with E-state index in [0.29, 0.717) is 74.1 Å². The number of aromatic amines is 1. The predicted octanol–water partition coefficient (Wildman–Crippen LogP) is 1.25. The fourth-order valence-electron chi connectivity index (χ4n) is 4.71.